The molecule has 1 rings (SSSR count). The van der Waals surface area contributed by atoms with Crippen LogP contribution in [0.1, 0.15) is 12.8 Å². The molecule has 1 heterocycles. The molecule has 2 heteroatoms. The predicted octanol–water partition coefficient (Wildman–Crippen LogP) is 0.428. The topological polar surface area (TPSA) is 20.3 Å². The van der Waals surface area contributed by atoms with Crippen LogP contribution in [0.15, 0.2) is 6.08 Å². The summed E-state index contributed by atoms with van der Waals surface area (Å²) in [4.78, 5) is 12.1. The standard InChI is InChI=1S/C9H10NO/c1-2-9(5-8-11)10-6-3-4-7-10/h5,9H,3-4,6-7H2. The molecule has 11 heavy (non-hydrogen) atoms. The SMILES string of the molecule is [C]#CC(C=C=O)N1CCCC1. The summed E-state index contributed by atoms with van der Waals surface area (Å²) in [5.41, 5.74) is 0. The van der Waals surface area contributed by atoms with Crippen molar-refractivity contribution in [3.8, 4) is 5.92 Å². The van der Waals surface area contributed by atoms with Crippen LogP contribution in [0.2, 0.25) is 0 Å². The molecule has 1 saturated heterocycles. The fraction of sp³-hybridized carbons (Fsp3) is 0.556. The van der Waals surface area contributed by atoms with Crippen LogP contribution in [0.5, 0.6) is 0 Å². The monoisotopic (exact) mass is 148 g/mol. The minimum atomic E-state index is -0.241. The van der Waals surface area contributed by atoms with Gasteiger partial charge in [-0.1, -0.05) is 5.92 Å². The minimum absolute atomic E-state index is 0.241. The van der Waals surface area contributed by atoms with Gasteiger partial charge in [-0.05, 0) is 32.4 Å². The summed E-state index contributed by atoms with van der Waals surface area (Å²) in [6.07, 6.45) is 10.6. The Kier molecular flexibility index (Phi) is 2.92. The maximum absolute atomic E-state index is 10.0. The summed E-state index contributed by atoms with van der Waals surface area (Å²) >= 11 is 0. The lowest BCUT2D eigenvalue weighted by Gasteiger charge is -2.17. The molecule has 0 aromatic carbocycles. The molecule has 1 aliphatic heterocycles. The number of nitrogens with zero attached hydrogens (tertiary/aromatic N) is 1. The highest BCUT2D eigenvalue weighted by Crippen LogP contribution is 2.11. The highest BCUT2D eigenvalue weighted by molar-refractivity contribution is 5.48. The van der Waals surface area contributed by atoms with Gasteiger partial charge in [0.1, 0.15) is 12.0 Å². The number of likely N-dealkylation sites (tertiary alicyclic amines) is 1. The van der Waals surface area contributed by atoms with E-state index in [1.165, 1.54) is 6.08 Å². The van der Waals surface area contributed by atoms with E-state index in [-0.39, 0.29) is 6.04 Å². The number of rotatable bonds is 2. The van der Waals surface area contributed by atoms with Crippen LogP contribution in [0.4, 0.5) is 0 Å². The van der Waals surface area contributed by atoms with Gasteiger partial charge < -0.3 is 0 Å². The van der Waals surface area contributed by atoms with Gasteiger partial charge in [0.2, 0.25) is 0 Å². The van der Waals surface area contributed by atoms with E-state index in [2.05, 4.69) is 10.8 Å². The van der Waals surface area contributed by atoms with Crippen molar-refractivity contribution in [2.24, 2.45) is 0 Å². The van der Waals surface area contributed by atoms with Gasteiger partial charge >= 0.3 is 0 Å². The first kappa shape index (κ1) is 8.07. The third-order valence-corrected chi connectivity index (χ3v) is 1.91. The zero-order valence-corrected chi connectivity index (χ0v) is 6.34. The molecular formula is C9H10NO. The van der Waals surface area contributed by atoms with E-state index in [1.54, 1.807) is 5.94 Å². The van der Waals surface area contributed by atoms with E-state index >= 15 is 0 Å². The normalized spacial score (nSPS) is 20.3. The van der Waals surface area contributed by atoms with E-state index in [0.717, 1.165) is 25.9 Å². The van der Waals surface area contributed by atoms with Crippen molar-refractivity contribution in [3.05, 3.63) is 12.5 Å². The summed E-state index contributed by atoms with van der Waals surface area (Å²) in [7, 11) is 0. The third kappa shape index (κ3) is 1.94. The van der Waals surface area contributed by atoms with Gasteiger partial charge in [0.15, 0.2) is 0 Å². The first-order valence-electron chi connectivity index (χ1n) is 3.76. The van der Waals surface area contributed by atoms with E-state index < -0.39 is 0 Å². The lowest BCUT2D eigenvalue weighted by atomic mass is 10.3. The van der Waals surface area contributed by atoms with Crippen LogP contribution in [0.25, 0.3) is 0 Å². The maximum atomic E-state index is 10.0. The average molecular weight is 148 g/mol. The lowest BCUT2D eigenvalue weighted by Crippen LogP contribution is -2.29. The van der Waals surface area contributed by atoms with Gasteiger partial charge in [0.25, 0.3) is 0 Å². The highest BCUT2D eigenvalue weighted by Gasteiger charge is 2.17. The Hall–Kier alpha value is -1.03. The van der Waals surface area contributed by atoms with Crippen LogP contribution >= 0.6 is 0 Å². The molecule has 0 bridgehead atoms. The first-order chi connectivity index (χ1) is 5.38. The van der Waals surface area contributed by atoms with E-state index in [4.69, 9.17) is 6.42 Å². The van der Waals surface area contributed by atoms with Crippen molar-refractivity contribution in [2.45, 2.75) is 18.9 Å². The summed E-state index contributed by atoms with van der Waals surface area (Å²) in [5, 5.41) is 0. The number of hydrogen-bond acceptors (Lipinski definition) is 2. The molecule has 57 valence electrons. The molecule has 2 nitrogen and oxygen atoms in total. The molecule has 0 aromatic heterocycles. The fourth-order valence-electron chi connectivity index (χ4n) is 1.32. The Morgan fingerprint density at radius 1 is 1.45 bits per heavy atom. The second-order valence-electron chi connectivity index (χ2n) is 2.62. The van der Waals surface area contributed by atoms with Crippen molar-refractivity contribution in [2.75, 3.05) is 13.1 Å². The van der Waals surface area contributed by atoms with E-state index in [9.17, 15) is 4.79 Å². The summed E-state index contributed by atoms with van der Waals surface area (Å²) in [5.74, 6) is 4.00. The van der Waals surface area contributed by atoms with Crippen molar-refractivity contribution in [3.63, 3.8) is 0 Å². The quantitative estimate of drug-likeness (QED) is 0.418. The van der Waals surface area contributed by atoms with E-state index in [1.807, 2.05) is 0 Å². The zero-order valence-electron chi connectivity index (χ0n) is 6.34. The number of carbonyl (C=O) groups excluding carboxylic acids is 1. The van der Waals surface area contributed by atoms with Gasteiger partial charge in [-0.3, -0.25) is 4.90 Å². The average Bonchev–Trinajstić information content (AvgIpc) is 2.52. The van der Waals surface area contributed by atoms with Crippen LogP contribution in [0, 0.1) is 12.3 Å². The van der Waals surface area contributed by atoms with Crippen molar-refractivity contribution in [1.82, 2.24) is 4.90 Å². The van der Waals surface area contributed by atoms with Gasteiger partial charge in [-0.2, -0.15) is 0 Å². The van der Waals surface area contributed by atoms with Crippen molar-refractivity contribution >= 4 is 5.94 Å². The van der Waals surface area contributed by atoms with Gasteiger partial charge in [-0.25, -0.2) is 4.79 Å². The lowest BCUT2D eigenvalue weighted by molar-refractivity contribution is 0.330. The van der Waals surface area contributed by atoms with Crippen LogP contribution in [-0.2, 0) is 4.79 Å². The Balaban J connectivity index is 2.55. The molecule has 0 aliphatic carbocycles. The third-order valence-electron chi connectivity index (χ3n) is 1.91. The molecule has 1 fully saturated rings. The zero-order chi connectivity index (χ0) is 8.10. The molecule has 1 radical (unpaired) electrons. The Bertz CT molecular complexity index is 204. The van der Waals surface area contributed by atoms with Gasteiger partial charge in [0.05, 0.1) is 0 Å². The van der Waals surface area contributed by atoms with Crippen molar-refractivity contribution < 1.29 is 4.79 Å². The minimum Gasteiger partial charge on any atom is -0.286 e. The maximum Gasteiger partial charge on any atom is 0.122 e. The molecule has 0 aromatic rings. The molecule has 0 spiro atoms. The van der Waals surface area contributed by atoms with Crippen molar-refractivity contribution in [1.29, 1.82) is 0 Å². The molecule has 1 atom stereocenters. The highest BCUT2D eigenvalue weighted by atomic mass is 16.1. The summed E-state index contributed by atoms with van der Waals surface area (Å²) in [6.45, 7) is 1.93. The van der Waals surface area contributed by atoms with Gasteiger partial charge in [-0.15, -0.1) is 0 Å². The van der Waals surface area contributed by atoms with Gasteiger partial charge in [0, 0.05) is 6.08 Å². The molecule has 0 amide bonds. The van der Waals surface area contributed by atoms with E-state index in [0.29, 0.717) is 0 Å². The smallest absolute Gasteiger partial charge is 0.122 e. The molecular weight excluding hydrogens is 138 g/mol. The Morgan fingerprint density at radius 3 is 2.55 bits per heavy atom. The largest absolute Gasteiger partial charge is 0.286 e. The molecule has 1 unspecified atom stereocenters. The molecule has 0 N–H and O–H groups in total. The predicted molar refractivity (Wildman–Crippen MR) is 42.0 cm³/mol. The molecule has 1 aliphatic rings. The molecule has 0 saturated carbocycles. The Labute approximate surface area is 66.9 Å². The van der Waals surface area contributed by atoms with Crippen LogP contribution in [0.3, 0.4) is 0 Å². The second-order valence-corrected chi connectivity index (χ2v) is 2.62. The number of hydrogen-bond donors (Lipinski definition) is 0. The fourth-order valence-corrected chi connectivity index (χ4v) is 1.32. The first-order valence-corrected chi connectivity index (χ1v) is 3.76. The van der Waals surface area contributed by atoms with Crippen LogP contribution in [-0.4, -0.2) is 30.0 Å². The second kappa shape index (κ2) is 3.98. The Morgan fingerprint density at radius 2 is 2.09 bits per heavy atom. The summed E-state index contributed by atoms with van der Waals surface area (Å²) in [6, 6.07) is -0.241. The summed E-state index contributed by atoms with van der Waals surface area (Å²) < 4.78 is 0. The van der Waals surface area contributed by atoms with Crippen LogP contribution < -0.4 is 0 Å².